The van der Waals surface area contributed by atoms with Crippen LogP contribution in [0.15, 0.2) is 0 Å². The summed E-state index contributed by atoms with van der Waals surface area (Å²) in [5.41, 5.74) is 1.03. The van der Waals surface area contributed by atoms with Crippen molar-refractivity contribution in [3.8, 4) is 0 Å². The molecule has 25 heavy (non-hydrogen) atoms. The van der Waals surface area contributed by atoms with Gasteiger partial charge in [0.25, 0.3) is 5.91 Å². The molecule has 4 rings (SSSR count). The number of hydrogen-bond donors (Lipinski definition) is 1. The molecule has 1 aromatic rings. The second-order valence-corrected chi connectivity index (χ2v) is 8.31. The highest BCUT2D eigenvalue weighted by Gasteiger charge is 2.30. The minimum Gasteiger partial charge on any atom is -0.368 e. The zero-order chi connectivity index (χ0) is 17.2. The molecule has 1 N–H and O–H groups in total. The number of rotatable bonds is 3. The van der Waals surface area contributed by atoms with Gasteiger partial charge in [-0.2, -0.15) is 0 Å². The molecular weight excluding hydrogens is 338 g/mol. The van der Waals surface area contributed by atoms with Gasteiger partial charge in [0.2, 0.25) is 5.91 Å². The summed E-state index contributed by atoms with van der Waals surface area (Å²) >= 11 is 1.50. The van der Waals surface area contributed by atoms with Gasteiger partial charge in [0.15, 0.2) is 5.13 Å². The maximum Gasteiger partial charge on any atom is 0.255 e. The van der Waals surface area contributed by atoms with E-state index in [0.717, 1.165) is 49.2 Å². The highest BCUT2D eigenvalue weighted by molar-refractivity contribution is 7.15. The van der Waals surface area contributed by atoms with Crippen LogP contribution in [0.3, 0.4) is 0 Å². The van der Waals surface area contributed by atoms with Crippen LogP contribution in [0.4, 0.5) is 5.13 Å². The Morgan fingerprint density at radius 2 is 2.00 bits per heavy atom. The second-order valence-electron chi connectivity index (χ2n) is 7.22. The molecule has 3 heterocycles. The lowest BCUT2D eigenvalue weighted by atomic mass is 9.88. The van der Waals surface area contributed by atoms with E-state index in [-0.39, 0.29) is 17.9 Å². The van der Waals surface area contributed by atoms with Gasteiger partial charge in [-0.3, -0.25) is 14.9 Å². The molecule has 1 unspecified atom stereocenters. The number of hydrogen-bond acceptors (Lipinski definition) is 5. The van der Waals surface area contributed by atoms with Crippen molar-refractivity contribution in [3.05, 3.63) is 10.6 Å². The first kappa shape index (κ1) is 17.0. The van der Waals surface area contributed by atoms with E-state index in [2.05, 4.69) is 10.3 Å². The largest absolute Gasteiger partial charge is 0.368 e. The standard InChI is InChI=1S/C18H25N3O3S/c22-16(14-7-4-10-24-14)20-18-19-13-8-9-21(11-15(13)25-18)17(23)12-5-2-1-3-6-12/h12,14H,1-11H2,(H,19,20,22). The Hall–Kier alpha value is -1.47. The van der Waals surface area contributed by atoms with Gasteiger partial charge in [0.05, 0.1) is 12.2 Å². The number of thiazole rings is 1. The van der Waals surface area contributed by atoms with Gasteiger partial charge >= 0.3 is 0 Å². The van der Waals surface area contributed by atoms with Crippen LogP contribution in [0, 0.1) is 5.92 Å². The summed E-state index contributed by atoms with van der Waals surface area (Å²) in [5, 5.41) is 3.53. The molecule has 6 nitrogen and oxygen atoms in total. The molecule has 7 heteroatoms. The van der Waals surface area contributed by atoms with Crippen molar-refractivity contribution in [2.45, 2.75) is 64.0 Å². The number of carbonyl (C=O) groups is 2. The van der Waals surface area contributed by atoms with Gasteiger partial charge in [-0.1, -0.05) is 30.6 Å². The number of fused-ring (bicyclic) bond motifs is 1. The van der Waals surface area contributed by atoms with Crippen LogP contribution in [-0.2, 0) is 27.3 Å². The summed E-state index contributed by atoms with van der Waals surface area (Å²) in [6.07, 6.45) is 7.83. The van der Waals surface area contributed by atoms with E-state index >= 15 is 0 Å². The van der Waals surface area contributed by atoms with Crippen LogP contribution >= 0.6 is 11.3 Å². The van der Waals surface area contributed by atoms with E-state index in [1.807, 2.05) is 4.90 Å². The number of ether oxygens (including phenoxy) is 1. The fourth-order valence-corrected chi connectivity index (χ4v) is 5.04. The molecule has 1 aliphatic carbocycles. The Labute approximate surface area is 151 Å². The predicted molar refractivity (Wildman–Crippen MR) is 95.4 cm³/mol. The number of carbonyl (C=O) groups excluding carboxylic acids is 2. The molecule has 1 saturated carbocycles. The summed E-state index contributed by atoms with van der Waals surface area (Å²) in [6, 6.07) is 0. The lowest BCUT2D eigenvalue weighted by molar-refractivity contribution is -0.137. The fraction of sp³-hybridized carbons (Fsp3) is 0.722. The smallest absolute Gasteiger partial charge is 0.255 e. The van der Waals surface area contributed by atoms with Gasteiger partial charge < -0.3 is 9.64 Å². The highest BCUT2D eigenvalue weighted by atomic mass is 32.1. The minimum absolute atomic E-state index is 0.0984. The first-order valence-corrected chi connectivity index (χ1v) is 10.2. The maximum absolute atomic E-state index is 12.7. The summed E-state index contributed by atoms with van der Waals surface area (Å²) in [6.45, 7) is 2.04. The van der Waals surface area contributed by atoms with Crippen molar-refractivity contribution < 1.29 is 14.3 Å². The topological polar surface area (TPSA) is 71.5 Å². The van der Waals surface area contributed by atoms with Crippen molar-refractivity contribution in [2.75, 3.05) is 18.5 Å². The summed E-state index contributed by atoms with van der Waals surface area (Å²) in [4.78, 5) is 32.6. The Kier molecular flexibility index (Phi) is 5.03. The van der Waals surface area contributed by atoms with E-state index in [9.17, 15) is 9.59 Å². The zero-order valence-corrected chi connectivity index (χ0v) is 15.3. The minimum atomic E-state index is -0.342. The van der Waals surface area contributed by atoms with Gasteiger partial charge in [0, 0.05) is 30.4 Å². The number of amides is 2. The van der Waals surface area contributed by atoms with Crippen molar-refractivity contribution in [1.82, 2.24) is 9.88 Å². The molecule has 0 spiro atoms. The lowest BCUT2D eigenvalue weighted by Crippen LogP contribution is -2.40. The molecule has 0 bridgehead atoms. The third-order valence-electron chi connectivity index (χ3n) is 5.45. The summed E-state index contributed by atoms with van der Waals surface area (Å²) in [7, 11) is 0. The number of anilines is 1. The monoisotopic (exact) mass is 363 g/mol. The van der Waals surface area contributed by atoms with Crippen molar-refractivity contribution in [1.29, 1.82) is 0 Å². The molecule has 0 radical (unpaired) electrons. The molecule has 3 aliphatic rings. The third-order valence-corrected chi connectivity index (χ3v) is 6.45. The van der Waals surface area contributed by atoms with E-state index < -0.39 is 0 Å². The van der Waals surface area contributed by atoms with E-state index in [1.165, 1.54) is 30.6 Å². The molecule has 2 fully saturated rings. The van der Waals surface area contributed by atoms with E-state index in [1.54, 1.807) is 0 Å². The summed E-state index contributed by atoms with van der Waals surface area (Å²) in [5.74, 6) is 0.421. The number of aromatic nitrogens is 1. The Balaban J connectivity index is 1.38. The van der Waals surface area contributed by atoms with Crippen LogP contribution < -0.4 is 5.32 Å². The van der Waals surface area contributed by atoms with Crippen LogP contribution in [0.1, 0.15) is 55.5 Å². The summed E-state index contributed by atoms with van der Waals surface area (Å²) < 4.78 is 5.42. The van der Waals surface area contributed by atoms with Crippen LogP contribution in [0.5, 0.6) is 0 Å². The SMILES string of the molecule is O=C(Nc1nc2c(s1)CN(C(=O)C1CCCCC1)CC2)C1CCCO1. The van der Waals surface area contributed by atoms with Crippen molar-refractivity contribution >= 4 is 28.3 Å². The average molecular weight is 363 g/mol. The molecule has 1 atom stereocenters. The third kappa shape index (κ3) is 3.72. The molecule has 2 amide bonds. The molecule has 0 aromatic carbocycles. The van der Waals surface area contributed by atoms with Crippen LogP contribution in [-0.4, -0.2) is 41.0 Å². The first-order chi connectivity index (χ1) is 12.2. The quantitative estimate of drug-likeness (QED) is 0.896. The van der Waals surface area contributed by atoms with Crippen LogP contribution in [0.25, 0.3) is 0 Å². The van der Waals surface area contributed by atoms with Crippen molar-refractivity contribution in [3.63, 3.8) is 0 Å². The number of nitrogens with one attached hydrogen (secondary N) is 1. The van der Waals surface area contributed by atoms with Crippen molar-refractivity contribution in [2.24, 2.45) is 5.92 Å². The van der Waals surface area contributed by atoms with E-state index in [4.69, 9.17) is 4.74 Å². The molecule has 136 valence electrons. The molecule has 2 aliphatic heterocycles. The zero-order valence-electron chi connectivity index (χ0n) is 14.5. The number of nitrogens with zero attached hydrogens (tertiary/aromatic N) is 2. The normalized spacial score (nSPS) is 24.2. The van der Waals surface area contributed by atoms with Gasteiger partial charge in [-0.15, -0.1) is 0 Å². The van der Waals surface area contributed by atoms with Crippen LogP contribution in [0.2, 0.25) is 0 Å². The Morgan fingerprint density at radius 3 is 2.76 bits per heavy atom. The Morgan fingerprint density at radius 1 is 1.16 bits per heavy atom. The average Bonchev–Trinajstić information content (AvgIpc) is 3.30. The first-order valence-electron chi connectivity index (χ1n) is 9.40. The van der Waals surface area contributed by atoms with Gasteiger partial charge in [0.1, 0.15) is 6.10 Å². The van der Waals surface area contributed by atoms with Gasteiger partial charge in [-0.25, -0.2) is 4.98 Å². The predicted octanol–water partition coefficient (Wildman–Crippen LogP) is 2.73. The lowest BCUT2D eigenvalue weighted by Gasteiger charge is -2.31. The van der Waals surface area contributed by atoms with Gasteiger partial charge in [-0.05, 0) is 25.7 Å². The Bertz CT molecular complexity index is 648. The highest BCUT2D eigenvalue weighted by Crippen LogP contribution is 2.31. The van der Waals surface area contributed by atoms with E-state index in [0.29, 0.717) is 24.2 Å². The fourth-order valence-electron chi connectivity index (χ4n) is 4.02. The molecular formula is C18H25N3O3S. The second kappa shape index (κ2) is 7.41. The molecule has 1 aromatic heterocycles. The maximum atomic E-state index is 12.7. The molecule has 1 saturated heterocycles.